The Labute approximate surface area is 109 Å². The summed E-state index contributed by atoms with van der Waals surface area (Å²) in [5, 5.41) is 10.4. The summed E-state index contributed by atoms with van der Waals surface area (Å²) in [5.74, 6) is 0. The number of hydrogen-bond acceptors (Lipinski definition) is 2. The second-order valence-corrected chi connectivity index (χ2v) is 5.84. The van der Waals surface area contributed by atoms with Crippen molar-refractivity contribution in [2.24, 2.45) is 0 Å². The van der Waals surface area contributed by atoms with E-state index in [1.165, 1.54) is 36.0 Å². The van der Waals surface area contributed by atoms with Crippen LogP contribution in [0.25, 0.3) is 0 Å². The van der Waals surface area contributed by atoms with E-state index in [-0.39, 0.29) is 6.10 Å². The first-order valence-electron chi connectivity index (χ1n) is 7.13. The van der Waals surface area contributed by atoms with Gasteiger partial charge in [0, 0.05) is 25.9 Å². The van der Waals surface area contributed by atoms with Crippen LogP contribution in [0, 0.1) is 0 Å². The Morgan fingerprint density at radius 2 is 2.06 bits per heavy atom. The Hall–Kier alpha value is -0.860. The van der Waals surface area contributed by atoms with Crippen molar-refractivity contribution in [3.8, 4) is 0 Å². The number of hydrogen-bond donors (Lipinski definition) is 1. The van der Waals surface area contributed by atoms with Crippen molar-refractivity contribution in [2.45, 2.75) is 57.2 Å². The van der Waals surface area contributed by atoms with Crippen molar-refractivity contribution in [1.29, 1.82) is 0 Å². The molecule has 2 heteroatoms. The van der Waals surface area contributed by atoms with E-state index in [0.717, 1.165) is 25.9 Å². The molecule has 3 rings (SSSR count). The van der Waals surface area contributed by atoms with Crippen LogP contribution >= 0.6 is 0 Å². The molecule has 0 heterocycles. The SMILES string of the molecule is CCOC1CC(O)(Cc2ccc3c(c2)CCC3)C1. The van der Waals surface area contributed by atoms with Crippen molar-refractivity contribution < 1.29 is 9.84 Å². The highest BCUT2D eigenvalue weighted by Crippen LogP contribution is 2.37. The first-order chi connectivity index (χ1) is 8.68. The zero-order chi connectivity index (χ0) is 12.6. The molecule has 2 aliphatic carbocycles. The average Bonchev–Trinajstić information content (AvgIpc) is 2.74. The third-order valence-corrected chi connectivity index (χ3v) is 4.31. The summed E-state index contributed by atoms with van der Waals surface area (Å²) >= 11 is 0. The minimum atomic E-state index is -0.521. The van der Waals surface area contributed by atoms with E-state index in [0.29, 0.717) is 0 Å². The predicted molar refractivity (Wildman–Crippen MR) is 71.8 cm³/mol. The summed E-state index contributed by atoms with van der Waals surface area (Å²) in [4.78, 5) is 0. The smallest absolute Gasteiger partial charge is 0.0737 e. The molecule has 0 spiro atoms. The van der Waals surface area contributed by atoms with E-state index in [9.17, 15) is 5.11 Å². The van der Waals surface area contributed by atoms with Crippen molar-refractivity contribution in [3.05, 3.63) is 34.9 Å². The van der Waals surface area contributed by atoms with Gasteiger partial charge in [-0.3, -0.25) is 0 Å². The van der Waals surface area contributed by atoms with Gasteiger partial charge in [0.15, 0.2) is 0 Å². The molecular formula is C16H22O2. The lowest BCUT2D eigenvalue weighted by Crippen LogP contribution is -2.49. The van der Waals surface area contributed by atoms with Gasteiger partial charge in [-0.05, 0) is 42.9 Å². The number of aryl methyl sites for hydroxylation is 2. The minimum absolute atomic E-state index is 0.273. The fraction of sp³-hybridized carbons (Fsp3) is 0.625. The molecule has 0 aliphatic heterocycles. The number of rotatable bonds is 4. The molecular weight excluding hydrogens is 224 g/mol. The largest absolute Gasteiger partial charge is 0.389 e. The monoisotopic (exact) mass is 246 g/mol. The summed E-state index contributed by atoms with van der Waals surface area (Å²) in [6, 6.07) is 6.74. The Morgan fingerprint density at radius 1 is 1.28 bits per heavy atom. The first-order valence-corrected chi connectivity index (χ1v) is 7.13. The lowest BCUT2D eigenvalue weighted by Gasteiger charge is -2.43. The van der Waals surface area contributed by atoms with Crippen LogP contribution in [0.1, 0.15) is 42.9 Å². The molecule has 2 aliphatic rings. The van der Waals surface area contributed by atoms with Gasteiger partial charge in [-0.15, -0.1) is 0 Å². The average molecular weight is 246 g/mol. The van der Waals surface area contributed by atoms with Gasteiger partial charge in [0.05, 0.1) is 11.7 Å². The molecule has 1 saturated carbocycles. The van der Waals surface area contributed by atoms with E-state index in [2.05, 4.69) is 18.2 Å². The molecule has 0 bridgehead atoms. The van der Waals surface area contributed by atoms with Crippen LogP contribution in [0.4, 0.5) is 0 Å². The van der Waals surface area contributed by atoms with Crippen molar-refractivity contribution in [3.63, 3.8) is 0 Å². The summed E-state index contributed by atoms with van der Waals surface area (Å²) in [6.45, 7) is 2.76. The molecule has 0 saturated heterocycles. The fourth-order valence-corrected chi connectivity index (χ4v) is 3.40. The van der Waals surface area contributed by atoms with Gasteiger partial charge in [0.1, 0.15) is 0 Å². The van der Waals surface area contributed by atoms with Crippen LogP contribution < -0.4 is 0 Å². The van der Waals surface area contributed by atoms with Crippen molar-refractivity contribution >= 4 is 0 Å². The molecule has 0 unspecified atom stereocenters. The molecule has 0 radical (unpaired) electrons. The number of ether oxygens (including phenoxy) is 1. The highest BCUT2D eigenvalue weighted by Gasteiger charge is 2.43. The van der Waals surface area contributed by atoms with Crippen LogP contribution in [0.5, 0.6) is 0 Å². The quantitative estimate of drug-likeness (QED) is 0.885. The second-order valence-electron chi connectivity index (χ2n) is 5.84. The van der Waals surface area contributed by atoms with Crippen molar-refractivity contribution in [2.75, 3.05) is 6.61 Å². The number of aliphatic hydroxyl groups is 1. The lowest BCUT2D eigenvalue weighted by molar-refractivity contribution is -0.136. The number of benzene rings is 1. The second kappa shape index (κ2) is 4.67. The Kier molecular flexibility index (Phi) is 3.16. The third-order valence-electron chi connectivity index (χ3n) is 4.31. The molecule has 0 amide bonds. The maximum atomic E-state index is 10.4. The molecule has 1 N–H and O–H groups in total. The van der Waals surface area contributed by atoms with E-state index in [1.807, 2.05) is 6.92 Å². The van der Waals surface area contributed by atoms with E-state index >= 15 is 0 Å². The molecule has 1 fully saturated rings. The molecule has 0 atom stereocenters. The molecule has 2 nitrogen and oxygen atoms in total. The maximum absolute atomic E-state index is 10.4. The first kappa shape index (κ1) is 12.2. The van der Waals surface area contributed by atoms with Gasteiger partial charge in [-0.25, -0.2) is 0 Å². The van der Waals surface area contributed by atoms with Crippen LogP contribution in [-0.2, 0) is 24.0 Å². The van der Waals surface area contributed by atoms with Crippen LogP contribution in [0.2, 0.25) is 0 Å². The zero-order valence-electron chi connectivity index (χ0n) is 11.1. The van der Waals surface area contributed by atoms with Gasteiger partial charge >= 0.3 is 0 Å². The normalized spacial score (nSPS) is 30.0. The molecule has 18 heavy (non-hydrogen) atoms. The van der Waals surface area contributed by atoms with Gasteiger partial charge in [0.2, 0.25) is 0 Å². The summed E-state index contributed by atoms with van der Waals surface area (Å²) in [7, 11) is 0. The van der Waals surface area contributed by atoms with Crippen LogP contribution in [0.15, 0.2) is 18.2 Å². The Balaban J connectivity index is 1.63. The van der Waals surface area contributed by atoms with E-state index < -0.39 is 5.60 Å². The van der Waals surface area contributed by atoms with Gasteiger partial charge < -0.3 is 9.84 Å². The predicted octanol–water partition coefficient (Wildman–Crippen LogP) is 2.65. The summed E-state index contributed by atoms with van der Waals surface area (Å²) in [5.41, 5.74) is 3.77. The fourth-order valence-electron chi connectivity index (χ4n) is 3.40. The third kappa shape index (κ3) is 2.32. The Morgan fingerprint density at radius 3 is 2.83 bits per heavy atom. The van der Waals surface area contributed by atoms with Gasteiger partial charge in [0.25, 0.3) is 0 Å². The number of fused-ring (bicyclic) bond motifs is 1. The van der Waals surface area contributed by atoms with Crippen LogP contribution in [0.3, 0.4) is 0 Å². The van der Waals surface area contributed by atoms with E-state index in [4.69, 9.17) is 4.74 Å². The van der Waals surface area contributed by atoms with Gasteiger partial charge in [-0.1, -0.05) is 18.2 Å². The topological polar surface area (TPSA) is 29.5 Å². The van der Waals surface area contributed by atoms with Gasteiger partial charge in [-0.2, -0.15) is 0 Å². The highest BCUT2D eigenvalue weighted by molar-refractivity contribution is 5.36. The zero-order valence-corrected chi connectivity index (χ0v) is 11.1. The molecule has 1 aromatic rings. The summed E-state index contributed by atoms with van der Waals surface area (Å²) < 4.78 is 5.52. The van der Waals surface area contributed by atoms with Crippen LogP contribution in [-0.4, -0.2) is 23.4 Å². The highest BCUT2D eigenvalue weighted by atomic mass is 16.5. The maximum Gasteiger partial charge on any atom is 0.0737 e. The van der Waals surface area contributed by atoms with Crippen molar-refractivity contribution in [1.82, 2.24) is 0 Å². The Bertz CT molecular complexity index is 433. The minimum Gasteiger partial charge on any atom is -0.389 e. The standard InChI is InChI=1S/C16H22O2/c1-2-18-15-10-16(17,11-15)9-12-6-7-13-4-3-5-14(13)8-12/h6-8,15,17H,2-5,9-11H2,1H3. The van der Waals surface area contributed by atoms with E-state index in [1.54, 1.807) is 0 Å². The lowest BCUT2D eigenvalue weighted by atomic mass is 9.73. The molecule has 0 aromatic heterocycles. The summed E-state index contributed by atoms with van der Waals surface area (Å²) in [6.07, 6.45) is 6.36. The molecule has 98 valence electrons. The molecule has 1 aromatic carbocycles.